The van der Waals surface area contributed by atoms with Crippen LogP contribution in [0, 0.1) is 0 Å². The molecule has 0 aliphatic rings. The third kappa shape index (κ3) is 3.87. The second kappa shape index (κ2) is 9.82. The number of benzene rings is 8. The third-order valence-corrected chi connectivity index (χ3v) is 8.67. The Morgan fingerprint density at radius 2 is 0.841 bits per heavy atom. The molecule has 1 aromatic heterocycles. The molecule has 3 heteroatoms. The van der Waals surface area contributed by atoms with Crippen LogP contribution in [-0.2, 0) is 0 Å². The summed E-state index contributed by atoms with van der Waals surface area (Å²) in [5.41, 5.74) is 2.97. The number of nitrogens with zero attached hydrogens (tertiary/aromatic N) is 3. The zero-order valence-corrected chi connectivity index (χ0v) is 23.8. The Hall–Kier alpha value is -5.93. The highest BCUT2D eigenvalue weighted by molar-refractivity contribution is 6.19. The third-order valence-electron chi connectivity index (χ3n) is 8.67. The fourth-order valence-corrected chi connectivity index (χ4v) is 6.62. The molecule has 0 saturated heterocycles. The van der Waals surface area contributed by atoms with Crippen molar-refractivity contribution in [3.63, 3.8) is 0 Å². The first-order chi connectivity index (χ1) is 21.8. The minimum atomic E-state index is 0.657. The van der Waals surface area contributed by atoms with Crippen molar-refractivity contribution in [2.45, 2.75) is 0 Å². The van der Waals surface area contributed by atoms with Gasteiger partial charge in [-0.25, -0.2) is 15.0 Å². The first-order valence-corrected chi connectivity index (χ1v) is 14.9. The average molecular weight is 560 g/mol. The molecule has 1 heterocycles. The first-order valence-electron chi connectivity index (χ1n) is 14.9. The van der Waals surface area contributed by atoms with Crippen molar-refractivity contribution in [1.29, 1.82) is 0 Å². The van der Waals surface area contributed by atoms with Crippen LogP contribution < -0.4 is 0 Å². The zero-order valence-electron chi connectivity index (χ0n) is 23.8. The van der Waals surface area contributed by atoms with Crippen molar-refractivity contribution in [1.82, 2.24) is 15.0 Å². The number of aromatic nitrogens is 3. The lowest BCUT2D eigenvalue weighted by atomic mass is 9.93. The van der Waals surface area contributed by atoms with E-state index in [1.54, 1.807) is 0 Å². The van der Waals surface area contributed by atoms with Crippen LogP contribution in [0.1, 0.15) is 0 Å². The van der Waals surface area contributed by atoms with Gasteiger partial charge in [0.25, 0.3) is 0 Å². The van der Waals surface area contributed by atoms with Crippen molar-refractivity contribution in [3.8, 4) is 34.2 Å². The Balaban J connectivity index is 1.42. The van der Waals surface area contributed by atoms with Crippen LogP contribution in [-0.4, -0.2) is 15.0 Å². The SMILES string of the molecule is c1ccc(-c2nc(-c3cc4ccccc4c4ccccc34)nc(-c3c4ccccc4cc4c3ccc3ccccc34)n2)cc1. The Bertz CT molecular complexity index is 2550. The molecule has 0 saturated carbocycles. The summed E-state index contributed by atoms with van der Waals surface area (Å²) in [5, 5.41) is 11.7. The van der Waals surface area contributed by atoms with Gasteiger partial charge in [-0.2, -0.15) is 0 Å². The molecule has 0 unspecified atom stereocenters. The van der Waals surface area contributed by atoms with Gasteiger partial charge in [0.15, 0.2) is 17.5 Å². The van der Waals surface area contributed by atoms with Crippen molar-refractivity contribution >= 4 is 53.9 Å². The molecule has 3 nitrogen and oxygen atoms in total. The highest BCUT2D eigenvalue weighted by Crippen LogP contribution is 2.40. The Kier molecular flexibility index (Phi) is 5.50. The van der Waals surface area contributed by atoms with E-state index in [9.17, 15) is 0 Å². The van der Waals surface area contributed by atoms with Crippen molar-refractivity contribution in [2.75, 3.05) is 0 Å². The van der Waals surface area contributed by atoms with E-state index in [1.807, 2.05) is 18.2 Å². The lowest BCUT2D eigenvalue weighted by molar-refractivity contribution is 1.08. The maximum atomic E-state index is 5.31. The number of hydrogen-bond donors (Lipinski definition) is 0. The first kappa shape index (κ1) is 24.6. The van der Waals surface area contributed by atoms with E-state index < -0.39 is 0 Å². The van der Waals surface area contributed by atoms with Gasteiger partial charge in [-0.15, -0.1) is 0 Å². The van der Waals surface area contributed by atoms with Gasteiger partial charge in [0, 0.05) is 16.7 Å². The normalized spacial score (nSPS) is 11.6. The molecule has 204 valence electrons. The fraction of sp³-hybridized carbons (Fsp3) is 0. The van der Waals surface area contributed by atoms with Gasteiger partial charge < -0.3 is 0 Å². The second-order valence-corrected chi connectivity index (χ2v) is 11.2. The topological polar surface area (TPSA) is 38.7 Å². The summed E-state index contributed by atoms with van der Waals surface area (Å²) in [4.78, 5) is 15.7. The molecule has 0 fully saturated rings. The second-order valence-electron chi connectivity index (χ2n) is 11.2. The molecule has 0 aliphatic carbocycles. The van der Waals surface area contributed by atoms with E-state index in [2.05, 4.69) is 133 Å². The molecule has 9 rings (SSSR count). The average Bonchev–Trinajstić information content (AvgIpc) is 3.10. The van der Waals surface area contributed by atoms with Crippen molar-refractivity contribution < 1.29 is 0 Å². The predicted molar refractivity (Wildman–Crippen MR) is 184 cm³/mol. The molecule has 0 aliphatic heterocycles. The number of hydrogen-bond acceptors (Lipinski definition) is 3. The van der Waals surface area contributed by atoms with Gasteiger partial charge in [0.1, 0.15) is 0 Å². The molecule has 0 spiro atoms. The molecule has 0 N–H and O–H groups in total. The summed E-state index contributed by atoms with van der Waals surface area (Å²) < 4.78 is 0. The molecule has 0 amide bonds. The van der Waals surface area contributed by atoms with Crippen LogP contribution in [0.2, 0.25) is 0 Å². The molecule has 0 atom stereocenters. The quantitative estimate of drug-likeness (QED) is 0.160. The fourth-order valence-electron chi connectivity index (χ4n) is 6.62. The van der Waals surface area contributed by atoms with E-state index >= 15 is 0 Å². The Labute approximate surface area is 254 Å². The molecule has 44 heavy (non-hydrogen) atoms. The maximum absolute atomic E-state index is 5.31. The molecule has 9 aromatic rings. The molecular weight excluding hydrogens is 534 g/mol. The monoisotopic (exact) mass is 559 g/mol. The van der Waals surface area contributed by atoms with E-state index in [0.29, 0.717) is 17.5 Å². The van der Waals surface area contributed by atoms with Crippen LogP contribution in [0.25, 0.3) is 88.0 Å². The summed E-state index contributed by atoms with van der Waals surface area (Å²) in [7, 11) is 0. The Morgan fingerprint density at radius 1 is 0.295 bits per heavy atom. The molecular formula is C41H25N3. The highest BCUT2D eigenvalue weighted by atomic mass is 15.0. The van der Waals surface area contributed by atoms with E-state index in [0.717, 1.165) is 43.6 Å². The summed E-state index contributed by atoms with van der Waals surface area (Å²) in [6.07, 6.45) is 0. The van der Waals surface area contributed by atoms with Crippen LogP contribution in [0.15, 0.2) is 152 Å². The lowest BCUT2D eigenvalue weighted by Crippen LogP contribution is -2.01. The van der Waals surface area contributed by atoms with Crippen LogP contribution >= 0.6 is 0 Å². The van der Waals surface area contributed by atoms with E-state index in [1.165, 1.54) is 26.9 Å². The highest BCUT2D eigenvalue weighted by Gasteiger charge is 2.19. The molecule has 0 radical (unpaired) electrons. The summed E-state index contributed by atoms with van der Waals surface area (Å²) in [5.74, 6) is 1.99. The molecule has 0 bridgehead atoms. The van der Waals surface area contributed by atoms with Gasteiger partial charge >= 0.3 is 0 Å². The molecule has 8 aromatic carbocycles. The standard InChI is InChI=1S/C41H25N3/c1-2-13-27(14-3-1)39-42-40(37-25-28-15-5-8-18-31(28)33-20-10-11-21-34(33)37)44-41(43-39)38-32-19-9-6-16-29(32)24-36-30-17-7-4-12-26(30)22-23-35(36)38/h1-25H. The smallest absolute Gasteiger partial charge is 0.165 e. The van der Waals surface area contributed by atoms with E-state index in [4.69, 9.17) is 15.0 Å². The summed E-state index contributed by atoms with van der Waals surface area (Å²) in [6, 6.07) is 53.3. The van der Waals surface area contributed by atoms with Gasteiger partial charge in [0.2, 0.25) is 0 Å². The lowest BCUT2D eigenvalue weighted by Gasteiger charge is -2.15. The summed E-state index contributed by atoms with van der Waals surface area (Å²) >= 11 is 0. The predicted octanol–water partition coefficient (Wildman–Crippen LogP) is 10.6. The van der Waals surface area contributed by atoms with Crippen LogP contribution in [0.5, 0.6) is 0 Å². The van der Waals surface area contributed by atoms with E-state index in [-0.39, 0.29) is 0 Å². The van der Waals surface area contributed by atoms with Gasteiger partial charge in [-0.3, -0.25) is 0 Å². The number of fused-ring (bicyclic) bond motifs is 7. The van der Waals surface area contributed by atoms with Gasteiger partial charge in [0.05, 0.1) is 0 Å². The minimum absolute atomic E-state index is 0.657. The van der Waals surface area contributed by atoms with Crippen LogP contribution in [0.4, 0.5) is 0 Å². The van der Waals surface area contributed by atoms with Crippen molar-refractivity contribution in [2.24, 2.45) is 0 Å². The zero-order chi connectivity index (χ0) is 29.0. The number of rotatable bonds is 3. The van der Waals surface area contributed by atoms with Gasteiger partial charge in [-0.1, -0.05) is 140 Å². The van der Waals surface area contributed by atoms with Crippen molar-refractivity contribution in [3.05, 3.63) is 152 Å². The maximum Gasteiger partial charge on any atom is 0.165 e. The van der Waals surface area contributed by atoms with Gasteiger partial charge in [-0.05, 0) is 66.0 Å². The summed E-state index contributed by atoms with van der Waals surface area (Å²) in [6.45, 7) is 0. The Morgan fingerprint density at radius 3 is 1.61 bits per heavy atom. The van der Waals surface area contributed by atoms with Crippen LogP contribution in [0.3, 0.4) is 0 Å². The largest absolute Gasteiger partial charge is 0.208 e. The minimum Gasteiger partial charge on any atom is -0.208 e.